The van der Waals surface area contributed by atoms with Crippen molar-refractivity contribution in [2.45, 2.75) is 26.8 Å². The molecule has 27 heavy (non-hydrogen) atoms. The van der Waals surface area contributed by atoms with Crippen LogP contribution in [0.25, 0.3) is 0 Å². The van der Waals surface area contributed by atoms with E-state index in [0.717, 1.165) is 4.68 Å². The van der Waals surface area contributed by atoms with Gasteiger partial charge in [0.15, 0.2) is 0 Å². The quantitative estimate of drug-likeness (QED) is 0.665. The minimum absolute atomic E-state index is 0.00240. The lowest BCUT2D eigenvalue weighted by Gasteiger charge is -2.12. The predicted molar refractivity (Wildman–Crippen MR) is 97.4 cm³/mol. The molecule has 0 N–H and O–H groups in total. The van der Waals surface area contributed by atoms with Gasteiger partial charge in [-0.1, -0.05) is 17.7 Å². The molecule has 0 aliphatic heterocycles. The van der Waals surface area contributed by atoms with E-state index in [9.17, 15) is 14.4 Å². The summed E-state index contributed by atoms with van der Waals surface area (Å²) in [7, 11) is 1.42. The molecule has 2 aromatic rings. The second-order valence-electron chi connectivity index (χ2n) is 5.45. The smallest absolute Gasteiger partial charge is 0.350 e. The van der Waals surface area contributed by atoms with Crippen molar-refractivity contribution in [2.24, 2.45) is 0 Å². The zero-order valence-corrected chi connectivity index (χ0v) is 15.9. The van der Waals surface area contributed by atoms with Crippen LogP contribution in [0.2, 0.25) is 5.02 Å². The van der Waals surface area contributed by atoms with Crippen LogP contribution in [0.5, 0.6) is 11.6 Å². The fourth-order valence-electron chi connectivity index (χ4n) is 2.34. The van der Waals surface area contributed by atoms with Crippen LogP contribution in [-0.4, -0.2) is 35.4 Å². The number of aromatic nitrogens is 2. The summed E-state index contributed by atoms with van der Waals surface area (Å²) in [5.41, 5.74) is 0.330. The summed E-state index contributed by atoms with van der Waals surface area (Å²) in [6.07, 6.45) is -0.0321. The van der Waals surface area contributed by atoms with Gasteiger partial charge in [-0.05, 0) is 25.5 Å². The molecule has 0 atom stereocenters. The zero-order chi connectivity index (χ0) is 20.0. The molecular formula is C18H19ClN2O6. The molecule has 0 saturated heterocycles. The van der Waals surface area contributed by atoms with E-state index in [0.29, 0.717) is 11.3 Å². The third kappa shape index (κ3) is 5.07. The molecular weight excluding hydrogens is 376 g/mol. The summed E-state index contributed by atoms with van der Waals surface area (Å²) in [6.45, 7) is 3.70. The van der Waals surface area contributed by atoms with Gasteiger partial charge >= 0.3 is 11.9 Å². The topological polar surface area (TPSA) is 96.7 Å². The van der Waals surface area contributed by atoms with Crippen molar-refractivity contribution in [2.75, 3.05) is 13.7 Å². The van der Waals surface area contributed by atoms with Gasteiger partial charge in [-0.3, -0.25) is 9.59 Å². The second kappa shape index (κ2) is 9.18. The van der Waals surface area contributed by atoms with Crippen molar-refractivity contribution in [1.82, 2.24) is 9.78 Å². The van der Waals surface area contributed by atoms with E-state index >= 15 is 0 Å². The van der Waals surface area contributed by atoms with Gasteiger partial charge in [-0.15, -0.1) is 5.10 Å². The summed E-state index contributed by atoms with van der Waals surface area (Å²) in [4.78, 5) is 35.8. The number of hydrogen-bond acceptors (Lipinski definition) is 7. The Morgan fingerprint density at radius 3 is 2.63 bits per heavy atom. The maximum atomic E-state index is 12.5. The van der Waals surface area contributed by atoms with E-state index in [2.05, 4.69) is 5.10 Å². The lowest BCUT2D eigenvalue weighted by atomic mass is 10.1. The van der Waals surface area contributed by atoms with Gasteiger partial charge in [0.05, 0.1) is 31.7 Å². The number of esters is 2. The molecule has 0 saturated carbocycles. The van der Waals surface area contributed by atoms with Crippen LogP contribution in [0.4, 0.5) is 0 Å². The Morgan fingerprint density at radius 2 is 1.96 bits per heavy atom. The first-order chi connectivity index (χ1) is 12.9. The summed E-state index contributed by atoms with van der Waals surface area (Å²) in [5, 5.41) is 4.11. The van der Waals surface area contributed by atoms with Crippen LogP contribution in [0.15, 0.2) is 29.1 Å². The zero-order valence-electron chi connectivity index (χ0n) is 15.2. The van der Waals surface area contributed by atoms with Crippen molar-refractivity contribution in [3.05, 3.63) is 50.8 Å². The number of hydrogen-bond donors (Lipinski definition) is 0. The molecule has 2 rings (SSSR count). The highest BCUT2D eigenvalue weighted by molar-refractivity contribution is 6.34. The average molecular weight is 395 g/mol. The van der Waals surface area contributed by atoms with E-state index in [1.165, 1.54) is 19.2 Å². The first-order valence-corrected chi connectivity index (χ1v) is 8.54. The number of rotatable bonds is 7. The maximum absolute atomic E-state index is 12.5. The standard InChI is InChI=1S/C18H19ClN2O6/c1-4-26-15(23)9-10-21-14(22)8-7-13(20-21)27-18(24)16-12(19)6-5-11(2)17(16)25-3/h5-8H,4,9-10H2,1-3H3. The lowest BCUT2D eigenvalue weighted by Crippen LogP contribution is -2.25. The van der Waals surface area contributed by atoms with Crippen LogP contribution in [0.1, 0.15) is 29.3 Å². The van der Waals surface area contributed by atoms with Crippen molar-refractivity contribution in [3.8, 4) is 11.6 Å². The van der Waals surface area contributed by atoms with Crippen molar-refractivity contribution in [3.63, 3.8) is 0 Å². The Hall–Kier alpha value is -2.87. The van der Waals surface area contributed by atoms with Gasteiger partial charge in [0.25, 0.3) is 5.56 Å². The number of halogens is 1. The minimum Gasteiger partial charge on any atom is -0.496 e. The van der Waals surface area contributed by atoms with Gasteiger partial charge in [-0.2, -0.15) is 0 Å². The Balaban J connectivity index is 2.22. The third-order valence-corrected chi connectivity index (χ3v) is 3.90. The first kappa shape index (κ1) is 20.4. The van der Waals surface area contributed by atoms with Crippen LogP contribution < -0.4 is 15.0 Å². The molecule has 0 spiro atoms. The summed E-state index contributed by atoms with van der Waals surface area (Å²) >= 11 is 6.10. The molecule has 0 aliphatic rings. The van der Waals surface area contributed by atoms with Crippen molar-refractivity contribution >= 4 is 23.5 Å². The van der Waals surface area contributed by atoms with Crippen LogP contribution >= 0.6 is 11.6 Å². The molecule has 1 heterocycles. The monoisotopic (exact) mass is 394 g/mol. The van der Waals surface area contributed by atoms with E-state index in [1.807, 2.05) is 0 Å². The number of aryl methyl sites for hydroxylation is 2. The number of carbonyl (C=O) groups excluding carboxylic acids is 2. The highest BCUT2D eigenvalue weighted by atomic mass is 35.5. The first-order valence-electron chi connectivity index (χ1n) is 8.16. The van der Waals surface area contributed by atoms with Gasteiger partial charge in [0.1, 0.15) is 11.3 Å². The summed E-state index contributed by atoms with van der Waals surface area (Å²) in [5.74, 6) is -1.04. The molecule has 9 heteroatoms. The van der Waals surface area contributed by atoms with Gasteiger partial charge in [0, 0.05) is 12.1 Å². The third-order valence-electron chi connectivity index (χ3n) is 3.58. The van der Waals surface area contributed by atoms with Gasteiger partial charge in [0.2, 0.25) is 5.88 Å². The molecule has 0 fully saturated rings. The minimum atomic E-state index is -0.774. The van der Waals surface area contributed by atoms with E-state index in [1.54, 1.807) is 26.0 Å². The Labute approximate surface area is 160 Å². The fraction of sp³-hybridized carbons (Fsp3) is 0.333. The molecule has 0 amide bonds. The summed E-state index contributed by atoms with van der Waals surface area (Å²) in [6, 6.07) is 5.72. The van der Waals surface area contributed by atoms with E-state index in [4.69, 9.17) is 25.8 Å². The highest BCUT2D eigenvalue weighted by Gasteiger charge is 2.21. The number of nitrogens with zero attached hydrogens (tertiary/aromatic N) is 2. The van der Waals surface area contributed by atoms with Gasteiger partial charge in [-0.25, -0.2) is 9.48 Å². The molecule has 0 radical (unpaired) electrons. The Morgan fingerprint density at radius 1 is 1.22 bits per heavy atom. The highest BCUT2D eigenvalue weighted by Crippen LogP contribution is 2.30. The molecule has 1 aromatic carbocycles. The van der Waals surface area contributed by atoms with Crippen molar-refractivity contribution in [1.29, 1.82) is 0 Å². The lowest BCUT2D eigenvalue weighted by molar-refractivity contribution is -0.143. The second-order valence-corrected chi connectivity index (χ2v) is 5.86. The fourth-order valence-corrected chi connectivity index (χ4v) is 2.56. The molecule has 0 unspecified atom stereocenters. The number of ether oxygens (including phenoxy) is 3. The Bertz CT molecular complexity index is 909. The average Bonchev–Trinajstić information content (AvgIpc) is 2.63. The van der Waals surface area contributed by atoms with E-state index in [-0.39, 0.29) is 36.0 Å². The van der Waals surface area contributed by atoms with Crippen molar-refractivity contribution < 1.29 is 23.8 Å². The maximum Gasteiger partial charge on any atom is 0.350 e. The summed E-state index contributed by atoms with van der Waals surface area (Å²) < 4.78 is 16.3. The number of carbonyl (C=O) groups is 2. The SMILES string of the molecule is CCOC(=O)CCn1nc(OC(=O)c2c(Cl)ccc(C)c2OC)ccc1=O. The molecule has 0 aliphatic carbocycles. The molecule has 144 valence electrons. The number of benzene rings is 1. The Kier molecular flexibility index (Phi) is 6.95. The normalized spacial score (nSPS) is 10.4. The van der Waals surface area contributed by atoms with Gasteiger partial charge < -0.3 is 14.2 Å². The largest absolute Gasteiger partial charge is 0.496 e. The van der Waals surface area contributed by atoms with Crippen LogP contribution in [0.3, 0.4) is 0 Å². The van der Waals surface area contributed by atoms with E-state index < -0.39 is 17.5 Å². The van der Waals surface area contributed by atoms with Crippen LogP contribution in [0, 0.1) is 6.92 Å². The number of methoxy groups -OCH3 is 1. The predicted octanol–water partition coefficient (Wildman–Crippen LogP) is 2.39. The molecule has 1 aromatic heterocycles. The van der Waals surface area contributed by atoms with Crippen LogP contribution in [-0.2, 0) is 16.1 Å². The molecule has 0 bridgehead atoms. The molecule has 8 nitrogen and oxygen atoms in total.